The molecule has 3 aromatic rings. The van der Waals surface area contributed by atoms with Gasteiger partial charge in [-0.3, -0.25) is 4.90 Å². The highest BCUT2D eigenvalue weighted by Gasteiger charge is 2.33. The molecule has 0 unspecified atom stereocenters. The number of thiophene rings is 1. The number of nitrogens with two attached hydrogens (primary N) is 1. The summed E-state index contributed by atoms with van der Waals surface area (Å²) < 4.78 is 5.88. The normalized spacial score (nSPS) is 19.5. The van der Waals surface area contributed by atoms with Crippen LogP contribution < -0.4 is 5.73 Å². The van der Waals surface area contributed by atoms with E-state index in [-0.39, 0.29) is 24.8 Å². The van der Waals surface area contributed by atoms with Crippen molar-refractivity contribution in [3.8, 4) is 11.5 Å². The summed E-state index contributed by atoms with van der Waals surface area (Å²) in [5.74, 6) is 2.62. The lowest BCUT2D eigenvalue weighted by Crippen LogP contribution is -2.23. The first-order chi connectivity index (χ1) is 12.2. The second-order valence-corrected chi connectivity index (χ2v) is 7.52. The molecule has 146 valence electrons. The number of rotatable bonds is 5. The summed E-state index contributed by atoms with van der Waals surface area (Å²) >= 11 is 1.66. The summed E-state index contributed by atoms with van der Waals surface area (Å²) in [4.78, 5) is 7.19. The largest absolute Gasteiger partial charge is 0.441 e. The second-order valence-electron chi connectivity index (χ2n) is 6.74. The van der Waals surface area contributed by atoms with Gasteiger partial charge in [-0.25, -0.2) is 4.98 Å². The van der Waals surface area contributed by atoms with Gasteiger partial charge in [0.15, 0.2) is 0 Å². The smallest absolute Gasteiger partial charge is 0.227 e. The highest BCUT2D eigenvalue weighted by Crippen LogP contribution is 2.33. The van der Waals surface area contributed by atoms with Gasteiger partial charge in [0, 0.05) is 36.5 Å². The number of aromatic nitrogens is 1. The van der Waals surface area contributed by atoms with Crippen LogP contribution >= 0.6 is 36.2 Å². The third-order valence-electron chi connectivity index (χ3n) is 5.08. The van der Waals surface area contributed by atoms with Crippen LogP contribution in [0.2, 0.25) is 0 Å². The number of hydrogen-bond donors (Lipinski definition) is 1. The molecule has 0 aliphatic carbocycles. The predicted molar refractivity (Wildman–Crippen MR) is 116 cm³/mol. The van der Waals surface area contributed by atoms with Crippen molar-refractivity contribution in [2.75, 3.05) is 19.6 Å². The molecule has 1 saturated heterocycles. The van der Waals surface area contributed by atoms with E-state index in [9.17, 15) is 0 Å². The molecule has 0 radical (unpaired) electrons. The molecule has 0 spiro atoms. The van der Waals surface area contributed by atoms with Gasteiger partial charge in [-0.2, -0.15) is 11.3 Å². The number of likely N-dealkylation sites (tertiary alicyclic amines) is 1. The van der Waals surface area contributed by atoms with Gasteiger partial charge < -0.3 is 10.2 Å². The molecule has 1 fully saturated rings. The monoisotopic (exact) mass is 425 g/mol. The number of nitrogens with zero attached hydrogens (tertiary/aromatic N) is 2. The first kappa shape index (κ1) is 21.9. The molecule has 1 aliphatic rings. The van der Waals surface area contributed by atoms with Crippen molar-refractivity contribution in [3.63, 3.8) is 0 Å². The fourth-order valence-electron chi connectivity index (χ4n) is 3.70. The SMILES string of the molecule is Cc1oc(-c2ccsc2)nc1CN1C[C@@H](CN)[C@H](c2ccccc2)C1.Cl.Cl. The molecule has 2 aromatic heterocycles. The van der Waals surface area contributed by atoms with E-state index in [4.69, 9.17) is 15.1 Å². The Kier molecular flexibility index (Phi) is 7.89. The lowest BCUT2D eigenvalue weighted by molar-refractivity contribution is 0.311. The van der Waals surface area contributed by atoms with Gasteiger partial charge in [0.2, 0.25) is 5.89 Å². The van der Waals surface area contributed by atoms with Gasteiger partial charge in [-0.1, -0.05) is 30.3 Å². The molecule has 7 heteroatoms. The summed E-state index contributed by atoms with van der Waals surface area (Å²) in [6.45, 7) is 5.57. The molecule has 2 atom stereocenters. The quantitative estimate of drug-likeness (QED) is 0.641. The Morgan fingerprint density at radius 1 is 1.19 bits per heavy atom. The summed E-state index contributed by atoms with van der Waals surface area (Å²) in [6.07, 6.45) is 0. The second kappa shape index (κ2) is 9.71. The van der Waals surface area contributed by atoms with E-state index in [0.717, 1.165) is 42.5 Å². The van der Waals surface area contributed by atoms with Crippen molar-refractivity contribution in [2.45, 2.75) is 19.4 Å². The summed E-state index contributed by atoms with van der Waals surface area (Å²) in [5.41, 5.74) is 9.53. The van der Waals surface area contributed by atoms with Gasteiger partial charge in [0.05, 0.1) is 5.69 Å². The van der Waals surface area contributed by atoms with Gasteiger partial charge in [-0.15, -0.1) is 24.8 Å². The van der Waals surface area contributed by atoms with E-state index in [1.54, 1.807) is 11.3 Å². The van der Waals surface area contributed by atoms with Crippen LogP contribution in [-0.2, 0) is 6.54 Å². The summed E-state index contributed by atoms with van der Waals surface area (Å²) in [5, 5.41) is 4.12. The Bertz CT molecular complexity index is 823. The third-order valence-corrected chi connectivity index (χ3v) is 5.76. The molecule has 2 N–H and O–H groups in total. The maximum absolute atomic E-state index is 6.06. The molecule has 0 saturated carbocycles. The van der Waals surface area contributed by atoms with Crippen molar-refractivity contribution in [1.82, 2.24) is 9.88 Å². The summed E-state index contributed by atoms with van der Waals surface area (Å²) in [6, 6.07) is 12.8. The standard InChI is InChI=1S/C20H23N3OS.2ClH/c1-14-19(22-20(24-14)16-7-8-25-13-16)12-23-10-17(9-21)18(11-23)15-5-3-2-4-6-15;;/h2-8,13,17-18H,9-12,21H2,1H3;2*1H/t17-,18+;;/m1../s1. The molecule has 1 aromatic carbocycles. The van der Waals surface area contributed by atoms with Gasteiger partial charge in [-0.05, 0) is 36.4 Å². The maximum Gasteiger partial charge on any atom is 0.227 e. The van der Waals surface area contributed by atoms with E-state index in [0.29, 0.717) is 18.4 Å². The average Bonchev–Trinajstić information content (AvgIpc) is 3.36. The lowest BCUT2D eigenvalue weighted by Gasteiger charge is -2.16. The molecule has 4 rings (SSSR count). The molecular weight excluding hydrogens is 401 g/mol. The van der Waals surface area contributed by atoms with Crippen molar-refractivity contribution in [3.05, 3.63) is 64.2 Å². The predicted octanol–water partition coefficient (Wildman–Crippen LogP) is 4.73. The van der Waals surface area contributed by atoms with Crippen molar-refractivity contribution in [2.24, 2.45) is 11.7 Å². The van der Waals surface area contributed by atoms with E-state index in [2.05, 4.69) is 40.6 Å². The zero-order valence-corrected chi connectivity index (χ0v) is 17.7. The van der Waals surface area contributed by atoms with Crippen LogP contribution in [0.25, 0.3) is 11.5 Å². The van der Waals surface area contributed by atoms with E-state index < -0.39 is 0 Å². The number of benzene rings is 1. The minimum Gasteiger partial charge on any atom is -0.441 e. The fourth-order valence-corrected chi connectivity index (χ4v) is 4.33. The molecule has 4 nitrogen and oxygen atoms in total. The molecule has 27 heavy (non-hydrogen) atoms. The van der Waals surface area contributed by atoms with E-state index in [1.165, 1.54) is 5.56 Å². The van der Waals surface area contributed by atoms with Crippen LogP contribution in [0.1, 0.15) is 22.9 Å². The average molecular weight is 426 g/mol. The third kappa shape index (κ3) is 4.73. The molecule has 3 heterocycles. The van der Waals surface area contributed by atoms with Crippen LogP contribution in [0.4, 0.5) is 0 Å². The van der Waals surface area contributed by atoms with Crippen LogP contribution in [0.15, 0.2) is 51.6 Å². The Morgan fingerprint density at radius 3 is 2.63 bits per heavy atom. The molecule has 0 bridgehead atoms. The Labute approximate surface area is 176 Å². The van der Waals surface area contributed by atoms with E-state index >= 15 is 0 Å². The first-order valence-corrected chi connectivity index (χ1v) is 9.65. The molecule has 1 aliphatic heterocycles. The minimum absolute atomic E-state index is 0. The maximum atomic E-state index is 6.06. The topological polar surface area (TPSA) is 55.3 Å². The highest BCUT2D eigenvalue weighted by molar-refractivity contribution is 7.08. The van der Waals surface area contributed by atoms with Gasteiger partial charge >= 0.3 is 0 Å². The van der Waals surface area contributed by atoms with Crippen molar-refractivity contribution < 1.29 is 4.42 Å². The first-order valence-electron chi connectivity index (χ1n) is 8.71. The van der Waals surface area contributed by atoms with Crippen molar-refractivity contribution >= 4 is 36.2 Å². The number of hydrogen-bond acceptors (Lipinski definition) is 5. The number of aryl methyl sites for hydroxylation is 1. The summed E-state index contributed by atoms with van der Waals surface area (Å²) in [7, 11) is 0. The van der Waals surface area contributed by atoms with E-state index in [1.807, 2.05) is 18.4 Å². The van der Waals surface area contributed by atoms with Crippen LogP contribution in [0, 0.1) is 12.8 Å². The lowest BCUT2D eigenvalue weighted by atomic mass is 9.89. The van der Waals surface area contributed by atoms with Crippen molar-refractivity contribution in [1.29, 1.82) is 0 Å². The highest BCUT2D eigenvalue weighted by atomic mass is 35.5. The van der Waals surface area contributed by atoms with Gasteiger partial charge in [0.25, 0.3) is 0 Å². The van der Waals surface area contributed by atoms with Crippen LogP contribution in [-0.4, -0.2) is 29.5 Å². The Balaban J connectivity index is 0.00000131. The van der Waals surface area contributed by atoms with Crippen LogP contribution in [0.3, 0.4) is 0 Å². The zero-order chi connectivity index (χ0) is 17.2. The number of oxazole rings is 1. The minimum atomic E-state index is 0. The fraction of sp³-hybridized carbons (Fsp3) is 0.350. The Morgan fingerprint density at radius 2 is 1.96 bits per heavy atom. The Hall–Kier alpha value is -1.37. The molecule has 0 amide bonds. The zero-order valence-electron chi connectivity index (χ0n) is 15.2. The number of halogens is 2. The van der Waals surface area contributed by atoms with Gasteiger partial charge in [0.1, 0.15) is 5.76 Å². The van der Waals surface area contributed by atoms with Crippen LogP contribution in [0.5, 0.6) is 0 Å². The molecular formula is C20H25Cl2N3OS.